The van der Waals surface area contributed by atoms with Crippen LogP contribution in [0, 0.1) is 0 Å². The van der Waals surface area contributed by atoms with Crippen LogP contribution in [0.3, 0.4) is 0 Å². The zero-order valence-electron chi connectivity index (χ0n) is 15.9. The molecule has 0 unspecified atom stereocenters. The standard InChI is InChI=1S/C22H21N3O4/c1-2-13-29-17-10-8-16(9-11-17)24-21(27)22(28)25-23-14-19-18-6-4-3-5-15(18)7-12-20(19)26/h3-12,14,26H,2,13H2,1H3,(H,24,27)(H,25,28)/b23-14+. The number of amides is 2. The molecule has 0 aliphatic rings. The van der Waals surface area contributed by atoms with Crippen LogP contribution in [0.25, 0.3) is 10.8 Å². The summed E-state index contributed by atoms with van der Waals surface area (Å²) in [5, 5.41) is 18.0. The number of nitrogens with one attached hydrogen (secondary N) is 2. The van der Waals surface area contributed by atoms with Crippen LogP contribution in [0.5, 0.6) is 11.5 Å². The van der Waals surface area contributed by atoms with E-state index in [1.807, 2.05) is 31.2 Å². The van der Waals surface area contributed by atoms with Crippen LogP contribution in [0.1, 0.15) is 18.9 Å². The number of ether oxygens (including phenoxy) is 1. The highest BCUT2D eigenvalue weighted by atomic mass is 16.5. The highest BCUT2D eigenvalue weighted by Crippen LogP contribution is 2.25. The lowest BCUT2D eigenvalue weighted by Crippen LogP contribution is -2.32. The highest BCUT2D eigenvalue weighted by molar-refractivity contribution is 6.39. The van der Waals surface area contributed by atoms with Crippen molar-refractivity contribution in [2.24, 2.45) is 5.10 Å². The van der Waals surface area contributed by atoms with E-state index in [2.05, 4.69) is 15.8 Å². The second kappa shape index (κ2) is 9.36. The van der Waals surface area contributed by atoms with E-state index in [1.165, 1.54) is 6.21 Å². The van der Waals surface area contributed by atoms with E-state index in [0.29, 0.717) is 23.6 Å². The van der Waals surface area contributed by atoms with E-state index in [1.54, 1.807) is 36.4 Å². The summed E-state index contributed by atoms with van der Waals surface area (Å²) < 4.78 is 5.47. The predicted octanol–water partition coefficient (Wildman–Crippen LogP) is 3.42. The first-order valence-electron chi connectivity index (χ1n) is 9.16. The summed E-state index contributed by atoms with van der Waals surface area (Å²) in [5.74, 6) is -1.07. The Balaban J connectivity index is 1.61. The molecule has 0 heterocycles. The van der Waals surface area contributed by atoms with Gasteiger partial charge in [-0.2, -0.15) is 5.10 Å². The van der Waals surface area contributed by atoms with Crippen molar-refractivity contribution in [3.05, 3.63) is 66.2 Å². The maximum atomic E-state index is 12.0. The van der Waals surface area contributed by atoms with Gasteiger partial charge in [-0.3, -0.25) is 9.59 Å². The van der Waals surface area contributed by atoms with Crippen LogP contribution < -0.4 is 15.5 Å². The fourth-order valence-corrected chi connectivity index (χ4v) is 2.67. The number of rotatable bonds is 6. The molecule has 0 aliphatic heterocycles. The number of nitrogens with zero attached hydrogens (tertiary/aromatic N) is 1. The maximum absolute atomic E-state index is 12.0. The minimum absolute atomic E-state index is 0.0246. The fourth-order valence-electron chi connectivity index (χ4n) is 2.67. The number of carbonyl (C=O) groups excluding carboxylic acids is 2. The van der Waals surface area contributed by atoms with E-state index in [-0.39, 0.29) is 5.75 Å². The largest absolute Gasteiger partial charge is 0.507 e. The molecule has 148 valence electrons. The number of fused-ring (bicyclic) bond motifs is 1. The van der Waals surface area contributed by atoms with Crippen LogP contribution >= 0.6 is 0 Å². The molecule has 3 aromatic carbocycles. The molecule has 3 aromatic rings. The number of hydrazone groups is 1. The smallest absolute Gasteiger partial charge is 0.329 e. The number of phenols is 1. The van der Waals surface area contributed by atoms with Gasteiger partial charge in [0.1, 0.15) is 11.5 Å². The fraction of sp³-hybridized carbons (Fsp3) is 0.136. The van der Waals surface area contributed by atoms with Crippen molar-refractivity contribution < 1.29 is 19.4 Å². The van der Waals surface area contributed by atoms with Gasteiger partial charge in [-0.05, 0) is 47.5 Å². The van der Waals surface area contributed by atoms with Gasteiger partial charge in [-0.1, -0.05) is 37.3 Å². The molecule has 0 bridgehead atoms. The zero-order valence-corrected chi connectivity index (χ0v) is 15.9. The monoisotopic (exact) mass is 391 g/mol. The quantitative estimate of drug-likeness (QED) is 0.340. The van der Waals surface area contributed by atoms with Gasteiger partial charge >= 0.3 is 11.8 Å². The number of benzene rings is 3. The first-order valence-corrected chi connectivity index (χ1v) is 9.16. The number of aromatic hydroxyl groups is 1. The topological polar surface area (TPSA) is 100 Å². The van der Waals surface area contributed by atoms with Crippen LogP contribution in [-0.2, 0) is 9.59 Å². The van der Waals surface area contributed by atoms with Crippen molar-refractivity contribution in [1.29, 1.82) is 0 Å². The Morgan fingerprint density at radius 2 is 1.79 bits per heavy atom. The predicted molar refractivity (Wildman–Crippen MR) is 112 cm³/mol. The Morgan fingerprint density at radius 1 is 1.03 bits per heavy atom. The minimum atomic E-state index is -0.924. The number of carbonyl (C=O) groups is 2. The third-order valence-corrected chi connectivity index (χ3v) is 4.10. The normalized spacial score (nSPS) is 10.8. The number of anilines is 1. The molecule has 3 rings (SSSR count). The lowest BCUT2D eigenvalue weighted by molar-refractivity contribution is -0.136. The Labute approximate surface area is 168 Å². The summed E-state index contributed by atoms with van der Waals surface area (Å²) in [6, 6.07) is 17.5. The van der Waals surface area contributed by atoms with Crippen molar-refractivity contribution >= 4 is 34.5 Å². The van der Waals surface area contributed by atoms with E-state index in [4.69, 9.17) is 4.74 Å². The van der Waals surface area contributed by atoms with E-state index in [0.717, 1.165) is 17.2 Å². The molecule has 3 N–H and O–H groups in total. The molecule has 7 heteroatoms. The molecule has 0 fully saturated rings. The van der Waals surface area contributed by atoms with Gasteiger partial charge in [-0.25, -0.2) is 5.43 Å². The van der Waals surface area contributed by atoms with Gasteiger partial charge < -0.3 is 15.2 Å². The average Bonchev–Trinajstić information content (AvgIpc) is 2.74. The Hall–Kier alpha value is -3.87. The lowest BCUT2D eigenvalue weighted by atomic mass is 10.0. The minimum Gasteiger partial charge on any atom is -0.507 e. The van der Waals surface area contributed by atoms with Gasteiger partial charge in [0, 0.05) is 11.3 Å². The third-order valence-electron chi connectivity index (χ3n) is 4.10. The van der Waals surface area contributed by atoms with Crippen LogP contribution in [-0.4, -0.2) is 29.7 Å². The number of hydrogen-bond donors (Lipinski definition) is 3. The summed E-state index contributed by atoms with van der Waals surface area (Å²) in [4.78, 5) is 24.0. The van der Waals surface area contributed by atoms with Gasteiger partial charge in [0.25, 0.3) is 0 Å². The average molecular weight is 391 g/mol. The lowest BCUT2D eigenvalue weighted by Gasteiger charge is -2.07. The second-order valence-corrected chi connectivity index (χ2v) is 6.25. The molecule has 0 spiro atoms. The summed E-state index contributed by atoms with van der Waals surface area (Å²) >= 11 is 0. The molecule has 0 saturated heterocycles. The van der Waals surface area contributed by atoms with Gasteiger partial charge in [0.05, 0.1) is 12.8 Å². The molecule has 29 heavy (non-hydrogen) atoms. The van der Waals surface area contributed by atoms with E-state index < -0.39 is 11.8 Å². The maximum Gasteiger partial charge on any atom is 0.329 e. The highest BCUT2D eigenvalue weighted by Gasteiger charge is 2.13. The zero-order chi connectivity index (χ0) is 20.6. The molecular formula is C22H21N3O4. The third kappa shape index (κ3) is 5.10. The summed E-state index contributed by atoms with van der Waals surface area (Å²) in [6.07, 6.45) is 2.21. The summed E-state index contributed by atoms with van der Waals surface area (Å²) in [7, 11) is 0. The van der Waals surface area contributed by atoms with Gasteiger partial charge in [-0.15, -0.1) is 0 Å². The molecule has 0 radical (unpaired) electrons. The Morgan fingerprint density at radius 3 is 2.55 bits per heavy atom. The molecule has 0 aromatic heterocycles. The van der Waals surface area contributed by atoms with Crippen molar-refractivity contribution in [3.8, 4) is 11.5 Å². The molecule has 2 amide bonds. The Kier molecular flexibility index (Phi) is 6.42. The molecule has 0 saturated carbocycles. The summed E-state index contributed by atoms with van der Waals surface area (Å²) in [5.41, 5.74) is 3.08. The van der Waals surface area contributed by atoms with Crippen molar-refractivity contribution in [1.82, 2.24) is 5.43 Å². The Bertz CT molecular complexity index is 1050. The molecule has 7 nitrogen and oxygen atoms in total. The number of phenolic OH excluding ortho intramolecular Hbond substituents is 1. The molecule has 0 atom stereocenters. The van der Waals surface area contributed by atoms with Crippen molar-refractivity contribution in [2.45, 2.75) is 13.3 Å². The van der Waals surface area contributed by atoms with Crippen molar-refractivity contribution in [2.75, 3.05) is 11.9 Å². The van der Waals surface area contributed by atoms with E-state index >= 15 is 0 Å². The van der Waals surface area contributed by atoms with Crippen molar-refractivity contribution in [3.63, 3.8) is 0 Å². The van der Waals surface area contributed by atoms with Crippen LogP contribution in [0.2, 0.25) is 0 Å². The SMILES string of the molecule is CCCOc1ccc(NC(=O)C(=O)N/N=C/c2c(O)ccc3ccccc23)cc1. The summed E-state index contributed by atoms with van der Waals surface area (Å²) in [6.45, 7) is 2.62. The first-order chi connectivity index (χ1) is 14.1. The van der Waals surface area contributed by atoms with Gasteiger partial charge in [0.2, 0.25) is 0 Å². The second-order valence-electron chi connectivity index (χ2n) is 6.25. The van der Waals surface area contributed by atoms with Crippen LogP contribution in [0.15, 0.2) is 65.8 Å². The van der Waals surface area contributed by atoms with Gasteiger partial charge in [0.15, 0.2) is 0 Å². The molecular weight excluding hydrogens is 370 g/mol. The van der Waals surface area contributed by atoms with Crippen LogP contribution in [0.4, 0.5) is 5.69 Å². The number of hydrogen-bond acceptors (Lipinski definition) is 5. The molecule has 0 aliphatic carbocycles. The first kappa shape index (κ1) is 19.9. The van der Waals surface area contributed by atoms with E-state index in [9.17, 15) is 14.7 Å².